The van der Waals surface area contributed by atoms with Gasteiger partial charge >= 0.3 is 0 Å². The Balaban J connectivity index is 0.00000385. The zero-order valence-corrected chi connectivity index (χ0v) is 21.8. The lowest BCUT2D eigenvalue weighted by molar-refractivity contribution is -0.130. The molecule has 1 saturated heterocycles. The Morgan fingerprint density at radius 2 is 2.06 bits per heavy atom. The second-order valence-electron chi connectivity index (χ2n) is 7.92. The number of benzene rings is 1. The number of aromatic nitrogens is 1. The number of halogens is 1. The average Bonchev–Trinajstić information content (AvgIpc) is 3.03. The summed E-state index contributed by atoms with van der Waals surface area (Å²) < 4.78 is 5.87. The number of ether oxygens (including phenoxy) is 1. The van der Waals surface area contributed by atoms with Gasteiger partial charge in [0.25, 0.3) is 0 Å². The van der Waals surface area contributed by atoms with E-state index < -0.39 is 0 Å². The normalized spacial score (nSPS) is 14.3. The van der Waals surface area contributed by atoms with Crippen LogP contribution in [-0.2, 0) is 17.9 Å². The Morgan fingerprint density at radius 1 is 1.15 bits per heavy atom. The number of nitrogens with zero attached hydrogens (tertiary/aromatic N) is 3. The third-order valence-electron chi connectivity index (χ3n) is 5.34. The van der Waals surface area contributed by atoms with Gasteiger partial charge in [0.15, 0.2) is 5.96 Å². The fourth-order valence-electron chi connectivity index (χ4n) is 3.64. The number of likely N-dealkylation sites (tertiary alicyclic amines) is 1. The zero-order valence-electron chi connectivity index (χ0n) is 19.5. The molecule has 1 amide bonds. The predicted molar refractivity (Wildman–Crippen MR) is 143 cm³/mol. The molecule has 0 bridgehead atoms. The number of hydrogen-bond acceptors (Lipinski definition) is 4. The molecule has 0 saturated carbocycles. The van der Waals surface area contributed by atoms with Crippen molar-refractivity contribution in [1.29, 1.82) is 0 Å². The maximum Gasteiger partial charge on any atom is 0.222 e. The Labute approximate surface area is 214 Å². The second kappa shape index (κ2) is 15.5. The first-order valence-electron chi connectivity index (χ1n) is 11.7. The predicted octanol–water partition coefficient (Wildman–Crippen LogP) is 4.13. The van der Waals surface area contributed by atoms with Gasteiger partial charge in [-0.25, -0.2) is 4.99 Å². The van der Waals surface area contributed by atoms with Gasteiger partial charge in [-0.2, -0.15) is 0 Å². The smallest absolute Gasteiger partial charge is 0.222 e. The summed E-state index contributed by atoms with van der Waals surface area (Å²) in [6.07, 6.45) is 6.68. The molecule has 0 radical (unpaired) electrons. The van der Waals surface area contributed by atoms with E-state index in [4.69, 9.17) is 9.73 Å². The lowest BCUT2D eigenvalue weighted by atomic mass is 10.2. The van der Waals surface area contributed by atoms with E-state index in [9.17, 15) is 4.79 Å². The number of amides is 1. The second-order valence-corrected chi connectivity index (χ2v) is 7.92. The van der Waals surface area contributed by atoms with Crippen molar-refractivity contribution in [1.82, 2.24) is 20.5 Å². The van der Waals surface area contributed by atoms with Gasteiger partial charge in [-0.1, -0.05) is 24.6 Å². The van der Waals surface area contributed by atoms with E-state index in [-0.39, 0.29) is 24.0 Å². The van der Waals surface area contributed by atoms with E-state index in [0.717, 1.165) is 74.8 Å². The lowest BCUT2D eigenvalue weighted by Crippen LogP contribution is -2.39. The van der Waals surface area contributed by atoms with Gasteiger partial charge in [-0.3, -0.25) is 9.78 Å². The molecular formula is C25H36IN5O2. The highest BCUT2D eigenvalue weighted by molar-refractivity contribution is 14.0. The summed E-state index contributed by atoms with van der Waals surface area (Å²) in [4.78, 5) is 23.1. The number of guanidine groups is 1. The van der Waals surface area contributed by atoms with Crippen LogP contribution in [0.15, 0.2) is 53.7 Å². The van der Waals surface area contributed by atoms with Crippen molar-refractivity contribution in [3.63, 3.8) is 0 Å². The standard InChI is InChI=1S/C25H35N5O2.HI/c1-2-26-25(28-15-9-17-30-16-7-3-4-13-24(30)31)29-19-21-10-8-12-23(18-21)32-20-22-11-5-6-14-27-22;/h5-6,8,10-12,14,18H,2-4,7,9,13,15-17,19-20H2,1H3,(H2,26,28,29);1H. The van der Waals surface area contributed by atoms with Crippen LogP contribution in [0.5, 0.6) is 5.75 Å². The molecule has 1 aliphatic heterocycles. The van der Waals surface area contributed by atoms with Crippen LogP contribution in [-0.4, -0.2) is 47.9 Å². The summed E-state index contributed by atoms with van der Waals surface area (Å²) in [5.74, 6) is 1.89. The molecule has 0 aliphatic carbocycles. The topological polar surface area (TPSA) is 78.9 Å². The molecule has 0 atom stereocenters. The van der Waals surface area contributed by atoms with E-state index in [1.807, 2.05) is 47.4 Å². The highest BCUT2D eigenvalue weighted by atomic mass is 127. The van der Waals surface area contributed by atoms with Gasteiger partial charge < -0.3 is 20.3 Å². The summed E-state index contributed by atoms with van der Waals surface area (Å²) >= 11 is 0. The van der Waals surface area contributed by atoms with E-state index >= 15 is 0 Å². The molecule has 1 aliphatic rings. The van der Waals surface area contributed by atoms with Crippen molar-refractivity contribution < 1.29 is 9.53 Å². The summed E-state index contributed by atoms with van der Waals surface area (Å²) in [6.45, 7) is 6.33. The van der Waals surface area contributed by atoms with Gasteiger partial charge in [-0.05, 0) is 56.0 Å². The Bertz CT molecular complexity index is 863. The summed E-state index contributed by atoms with van der Waals surface area (Å²) in [5, 5.41) is 6.67. The minimum absolute atomic E-state index is 0. The number of pyridine rings is 1. The van der Waals surface area contributed by atoms with Crippen LogP contribution in [0.3, 0.4) is 0 Å². The van der Waals surface area contributed by atoms with Crippen molar-refractivity contribution in [2.24, 2.45) is 4.99 Å². The van der Waals surface area contributed by atoms with Crippen molar-refractivity contribution in [3.05, 3.63) is 59.9 Å². The number of rotatable bonds is 10. The summed E-state index contributed by atoms with van der Waals surface area (Å²) in [6, 6.07) is 13.8. The molecule has 180 valence electrons. The molecule has 7 nitrogen and oxygen atoms in total. The molecule has 33 heavy (non-hydrogen) atoms. The maximum atomic E-state index is 12.1. The van der Waals surface area contributed by atoms with Crippen LogP contribution in [0.2, 0.25) is 0 Å². The number of carbonyl (C=O) groups excluding carboxylic acids is 1. The quantitative estimate of drug-likeness (QED) is 0.196. The van der Waals surface area contributed by atoms with E-state index in [1.165, 1.54) is 0 Å². The molecule has 2 heterocycles. The highest BCUT2D eigenvalue weighted by Crippen LogP contribution is 2.15. The van der Waals surface area contributed by atoms with Gasteiger partial charge in [0.2, 0.25) is 5.91 Å². The highest BCUT2D eigenvalue weighted by Gasteiger charge is 2.15. The largest absolute Gasteiger partial charge is 0.487 e. The Kier molecular flexibility index (Phi) is 12.6. The maximum absolute atomic E-state index is 12.1. The zero-order chi connectivity index (χ0) is 22.4. The Hall–Kier alpha value is -2.36. The average molecular weight is 566 g/mol. The van der Waals surface area contributed by atoms with Crippen molar-refractivity contribution >= 4 is 35.8 Å². The number of aliphatic imine (C=N–C) groups is 1. The van der Waals surface area contributed by atoms with Crippen LogP contribution in [0.25, 0.3) is 0 Å². The fraction of sp³-hybridized carbons (Fsp3) is 0.480. The van der Waals surface area contributed by atoms with Gasteiger partial charge in [0, 0.05) is 38.8 Å². The summed E-state index contributed by atoms with van der Waals surface area (Å²) in [7, 11) is 0. The van der Waals surface area contributed by atoms with Crippen LogP contribution < -0.4 is 15.4 Å². The van der Waals surface area contributed by atoms with Crippen LogP contribution >= 0.6 is 24.0 Å². The van der Waals surface area contributed by atoms with Gasteiger partial charge in [0.05, 0.1) is 12.2 Å². The molecule has 3 rings (SSSR count). The minimum atomic E-state index is 0. The molecule has 1 aromatic carbocycles. The molecular weight excluding hydrogens is 529 g/mol. The number of hydrogen-bond donors (Lipinski definition) is 2. The molecule has 0 spiro atoms. The molecule has 1 aromatic heterocycles. The van der Waals surface area contributed by atoms with E-state index in [0.29, 0.717) is 25.5 Å². The lowest BCUT2D eigenvalue weighted by Gasteiger charge is -2.20. The van der Waals surface area contributed by atoms with Gasteiger partial charge in [-0.15, -0.1) is 24.0 Å². The fourth-order valence-corrected chi connectivity index (χ4v) is 3.64. The number of nitrogens with one attached hydrogen (secondary N) is 2. The minimum Gasteiger partial charge on any atom is -0.487 e. The van der Waals surface area contributed by atoms with Crippen molar-refractivity contribution in [3.8, 4) is 5.75 Å². The number of carbonyl (C=O) groups is 1. The molecule has 8 heteroatoms. The Morgan fingerprint density at radius 3 is 2.88 bits per heavy atom. The first kappa shape index (κ1) is 26.9. The molecule has 2 N–H and O–H groups in total. The summed E-state index contributed by atoms with van der Waals surface area (Å²) in [5.41, 5.74) is 1.98. The SMILES string of the molecule is CCNC(=NCc1cccc(OCc2ccccn2)c1)NCCCN1CCCCCC1=O.I. The third-order valence-corrected chi connectivity index (χ3v) is 5.34. The third kappa shape index (κ3) is 9.98. The molecule has 2 aromatic rings. The van der Waals surface area contributed by atoms with E-state index in [2.05, 4.69) is 22.5 Å². The first-order valence-corrected chi connectivity index (χ1v) is 11.7. The molecule has 0 unspecified atom stereocenters. The first-order chi connectivity index (χ1) is 15.7. The van der Waals surface area contributed by atoms with Crippen LogP contribution in [0.4, 0.5) is 0 Å². The monoisotopic (exact) mass is 565 g/mol. The van der Waals surface area contributed by atoms with Crippen molar-refractivity contribution in [2.45, 2.75) is 52.2 Å². The molecule has 1 fully saturated rings. The van der Waals surface area contributed by atoms with Crippen LogP contribution in [0.1, 0.15) is 50.3 Å². The van der Waals surface area contributed by atoms with Crippen molar-refractivity contribution in [2.75, 3.05) is 26.2 Å². The van der Waals surface area contributed by atoms with E-state index in [1.54, 1.807) is 6.20 Å². The van der Waals surface area contributed by atoms with Crippen LogP contribution in [0, 0.1) is 0 Å². The van der Waals surface area contributed by atoms with Gasteiger partial charge in [0.1, 0.15) is 12.4 Å².